The SMILES string of the molecule is COc1ccc(C(C)(C)F)cc1CC1(N)CC1. The number of nitrogens with two attached hydrogens (primary N) is 1. The largest absolute Gasteiger partial charge is 0.496 e. The number of methoxy groups -OCH3 is 1. The van der Waals surface area contributed by atoms with E-state index in [-0.39, 0.29) is 5.54 Å². The molecule has 0 unspecified atom stereocenters. The summed E-state index contributed by atoms with van der Waals surface area (Å²) < 4.78 is 19.2. The summed E-state index contributed by atoms with van der Waals surface area (Å²) in [5, 5.41) is 0. The van der Waals surface area contributed by atoms with Crippen LogP contribution < -0.4 is 10.5 Å². The van der Waals surface area contributed by atoms with Gasteiger partial charge in [0.25, 0.3) is 0 Å². The minimum absolute atomic E-state index is 0.0909. The van der Waals surface area contributed by atoms with E-state index in [1.807, 2.05) is 12.1 Å². The molecule has 0 heterocycles. The summed E-state index contributed by atoms with van der Waals surface area (Å²) in [6.45, 7) is 3.13. The van der Waals surface area contributed by atoms with Gasteiger partial charge in [-0.3, -0.25) is 0 Å². The smallest absolute Gasteiger partial charge is 0.130 e. The third kappa shape index (κ3) is 2.78. The Labute approximate surface area is 102 Å². The van der Waals surface area contributed by atoms with Crippen LogP contribution in [0.15, 0.2) is 18.2 Å². The van der Waals surface area contributed by atoms with Crippen LogP contribution in [-0.4, -0.2) is 12.6 Å². The molecule has 1 aromatic carbocycles. The predicted molar refractivity (Wildman–Crippen MR) is 67.0 cm³/mol. The van der Waals surface area contributed by atoms with E-state index in [2.05, 4.69) is 0 Å². The van der Waals surface area contributed by atoms with Gasteiger partial charge in [0.2, 0.25) is 0 Å². The molecule has 0 aromatic heterocycles. The summed E-state index contributed by atoms with van der Waals surface area (Å²) in [5.41, 5.74) is 6.38. The first-order valence-corrected chi connectivity index (χ1v) is 5.99. The van der Waals surface area contributed by atoms with Gasteiger partial charge in [-0.05, 0) is 56.4 Å². The Morgan fingerprint density at radius 3 is 2.53 bits per heavy atom. The van der Waals surface area contributed by atoms with Crippen molar-refractivity contribution in [3.63, 3.8) is 0 Å². The summed E-state index contributed by atoms with van der Waals surface area (Å²) in [4.78, 5) is 0. The van der Waals surface area contributed by atoms with E-state index in [9.17, 15) is 4.39 Å². The van der Waals surface area contributed by atoms with Gasteiger partial charge in [-0.2, -0.15) is 0 Å². The van der Waals surface area contributed by atoms with E-state index in [0.29, 0.717) is 5.56 Å². The molecule has 0 atom stereocenters. The van der Waals surface area contributed by atoms with Crippen molar-refractivity contribution < 1.29 is 9.13 Å². The second-order valence-corrected chi connectivity index (χ2v) is 5.54. The highest BCUT2D eigenvalue weighted by atomic mass is 19.1. The van der Waals surface area contributed by atoms with Crippen LogP contribution in [0.4, 0.5) is 4.39 Å². The molecule has 0 aliphatic heterocycles. The highest BCUT2D eigenvalue weighted by Crippen LogP contribution is 2.39. The predicted octanol–water partition coefficient (Wildman–Crippen LogP) is 2.93. The molecule has 3 heteroatoms. The first-order chi connectivity index (χ1) is 7.84. The zero-order valence-corrected chi connectivity index (χ0v) is 10.7. The molecule has 2 nitrogen and oxygen atoms in total. The van der Waals surface area contributed by atoms with E-state index >= 15 is 0 Å². The molecule has 0 saturated heterocycles. The Balaban J connectivity index is 2.32. The zero-order chi connectivity index (χ0) is 12.7. The summed E-state index contributed by atoms with van der Waals surface area (Å²) in [7, 11) is 1.63. The summed E-state index contributed by atoms with van der Waals surface area (Å²) in [6.07, 6.45) is 2.85. The fraction of sp³-hybridized carbons (Fsp3) is 0.571. The Bertz CT molecular complexity index is 419. The fourth-order valence-electron chi connectivity index (χ4n) is 2.00. The zero-order valence-electron chi connectivity index (χ0n) is 10.7. The summed E-state index contributed by atoms with van der Waals surface area (Å²) in [5.74, 6) is 0.801. The first-order valence-electron chi connectivity index (χ1n) is 5.99. The van der Waals surface area contributed by atoms with Gasteiger partial charge in [0.05, 0.1) is 7.11 Å². The van der Waals surface area contributed by atoms with Gasteiger partial charge in [0.15, 0.2) is 0 Å². The van der Waals surface area contributed by atoms with Crippen molar-refractivity contribution in [2.24, 2.45) is 5.73 Å². The molecule has 1 aromatic rings. The number of alkyl halides is 1. The van der Waals surface area contributed by atoms with Crippen molar-refractivity contribution in [2.45, 2.75) is 44.3 Å². The number of halogens is 1. The Kier molecular flexibility index (Phi) is 2.90. The van der Waals surface area contributed by atoms with Gasteiger partial charge in [-0.25, -0.2) is 4.39 Å². The quantitative estimate of drug-likeness (QED) is 0.873. The molecule has 1 aliphatic rings. The maximum absolute atomic E-state index is 13.9. The number of rotatable bonds is 4. The van der Waals surface area contributed by atoms with Gasteiger partial charge < -0.3 is 10.5 Å². The van der Waals surface area contributed by atoms with Crippen LogP contribution in [0.2, 0.25) is 0 Å². The number of ether oxygens (including phenoxy) is 1. The second-order valence-electron chi connectivity index (χ2n) is 5.54. The highest BCUT2D eigenvalue weighted by Gasteiger charge is 2.39. The first kappa shape index (κ1) is 12.4. The van der Waals surface area contributed by atoms with Gasteiger partial charge in [-0.15, -0.1) is 0 Å². The molecule has 2 N–H and O–H groups in total. The van der Waals surface area contributed by atoms with Crippen molar-refractivity contribution in [3.8, 4) is 5.75 Å². The van der Waals surface area contributed by atoms with E-state index in [4.69, 9.17) is 10.5 Å². The molecule has 0 bridgehead atoms. The average molecular weight is 237 g/mol. The minimum Gasteiger partial charge on any atom is -0.496 e. The fourth-order valence-corrected chi connectivity index (χ4v) is 2.00. The van der Waals surface area contributed by atoms with Gasteiger partial charge in [-0.1, -0.05) is 6.07 Å². The van der Waals surface area contributed by atoms with E-state index < -0.39 is 5.67 Å². The van der Waals surface area contributed by atoms with Crippen LogP contribution in [-0.2, 0) is 12.1 Å². The molecular weight excluding hydrogens is 217 g/mol. The minimum atomic E-state index is -1.33. The average Bonchev–Trinajstić information content (AvgIpc) is 2.94. The molecule has 0 radical (unpaired) electrons. The monoisotopic (exact) mass is 237 g/mol. The van der Waals surface area contributed by atoms with Crippen LogP contribution in [0.1, 0.15) is 37.8 Å². The lowest BCUT2D eigenvalue weighted by Crippen LogP contribution is -2.25. The lowest BCUT2D eigenvalue weighted by molar-refractivity contribution is 0.221. The molecule has 1 aliphatic carbocycles. The molecule has 1 fully saturated rings. The van der Waals surface area contributed by atoms with Crippen LogP contribution in [0.5, 0.6) is 5.75 Å². The lowest BCUT2D eigenvalue weighted by atomic mass is 9.94. The van der Waals surface area contributed by atoms with Crippen molar-refractivity contribution in [2.75, 3.05) is 7.11 Å². The number of hydrogen-bond acceptors (Lipinski definition) is 2. The normalized spacial score (nSPS) is 17.9. The van der Waals surface area contributed by atoms with Gasteiger partial charge in [0, 0.05) is 5.54 Å². The highest BCUT2D eigenvalue weighted by molar-refractivity contribution is 5.41. The third-order valence-corrected chi connectivity index (χ3v) is 3.40. The van der Waals surface area contributed by atoms with E-state index in [1.54, 1.807) is 27.0 Å². The lowest BCUT2D eigenvalue weighted by Gasteiger charge is -2.19. The molecule has 2 rings (SSSR count). The number of hydrogen-bond donors (Lipinski definition) is 1. The molecule has 94 valence electrons. The van der Waals surface area contributed by atoms with Crippen molar-refractivity contribution in [1.82, 2.24) is 0 Å². The second kappa shape index (κ2) is 3.98. The van der Waals surface area contributed by atoms with Crippen LogP contribution in [0.3, 0.4) is 0 Å². The number of benzene rings is 1. The molecular formula is C14H20FNO. The molecule has 1 saturated carbocycles. The summed E-state index contributed by atoms with van der Waals surface area (Å²) in [6, 6.07) is 5.49. The Morgan fingerprint density at radius 1 is 1.41 bits per heavy atom. The van der Waals surface area contributed by atoms with Crippen molar-refractivity contribution >= 4 is 0 Å². The van der Waals surface area contributed by atoms with E-state index in [1.165, 1.54) is 0 Å². The Hall–Kier alpha value is -1.09. The van der Waals surface area contributed by atoms with Gasteiger partial charge >= 0.3 is 0 Å². The van der Waals surface area contributed by atoms with Crippen molar-refractivity contribution in [3.05, 3.63) is 29.3 Å². The third-order valence-electron chi connectivity index (χ3n) is 3.40. The van der Waals surface area contributed by atoms with E-state index in [0.717, 1.165) is 30.6 Å². The molecule has 0 amide bonds. The van der Waals surface area contributed by atoms with Crippen LogP contribution >= 0.6 is 0 Å². The van der Waals surface area contributed by atoms with Gasteiger partial charge in [0.1, 0.15) is 11.4 Å². The van der Waals surface area contributed by atoms with Crippen LogP contribution in [0, 0.1) is 0 Å². The van der Waals surface area contributed by atoms with Crippen LogP contribution in [0.25, 0.3) is 0 Å². The molecule has 0 spiro atoms. The summed E-state index contributed by atoms with van der Waals surface area (Å²) >= 11 is 0. The molecule has 17 heavy (non-hydrogen) atoms. The topological polar surface area (TPSA) is 35.2 Å². The Morgan fingerprint density at radius 2 is 2.06 bits per heavy atom. The standard InChI is InChI=1S/C14H20FNO/c1-13(2,15)11-4-5-12(17-3)10(8-11)9-14(16)6-7-14/h4-5,8H,6-7,9,16H2,1-3H3. The van der Waals surface area contributed by atoms with Crippen molar-refractivity contribution in [1.29, 1.82) is 0 Å². The maximum atomic E-state index is 13.9. The maximum Gasteiger partial charge on any atom is 0.130 e.